The monoisotopic (exact) mass is 494 g/mol. The Morgan fingerprint density at radius 3 is 2.66 bits per heavy atom. The first-order valence-electron chi connectivity index (χ1n) is 11.2. The van der Waals surface area contributed by atoms with Gasteiger partial charge < -0.3 is 24.5 Å². The van der Waals surface area contributed by atoms with E-state index in [2.05, 4.69) is 25.9 Å². The summed E-state index contributed by atoms with van der Waals surface area (Å²) in [4.78, 5) is 20.4. The van der Waals surface area contributed by atoms with E-state index in [1.54, 1.807) is 26.2 Å². The third-order valence-corrected chi connectivity index (χ3v) is 6.12. The molecule has 0 aliphatic rings. The second-order valence-electron chi connectivity index (χ2n) is 8.07. The summed E-state index contributed by atoms with van der Waals surface area (Å²) < 4.78 is 13.2. The molecule has 182 valence electrons. The van der Waals surface area contributed by atoms with Gasteiger partial charge in [-0.3, -0.25) is 0 Å². The molecule has 9 heteroatoms. The number of methoxy groups -OCH3 is 1. The van der Waals surface area contributed by atoms with Crippen LogP contribution in [0, 0.1) is 13.8 Å². The van der Waals surface area contributed by atoms with Crippen molar-refractivity contribution in [3.05, 3.63) is 64.6 Å². The fourth-order valence-electron chi connectivity index (χ4n) is 4.26. The van der Waals surface area contributed by atoms with Gasteiger partial charge in [0.05, 0.1) is 29.9 Å². The predicted octanol–water partition coefficient (Wildman–Crippen LogP) is 5.59. The number of anilines is 1. The van der Waals surface area contributed by atoms with Gasteiger partial charge in [0.2, 0.25) is 0 Å². The van der Waals surface area contributed by atoms with Crippen molar-refractivity contribution in [2.45, 2.75) is 27.3 Å². The van der Waals surface area contributed by atoms with Gasteiger partial charge in [0, 0.05) is 35.8 Å². The Balaban J connectivity index is 1.56. The summed E-state index contributed by atoms with van der Waals surface area (Å²) >= 11 is 6.50. The van der Waals surface area contributed by atoms with Crippen molar-refractivity contribution in [2.75, 3.05) is 25.6 Å². The van der Waals surface area contributed by atoms with Crippen LogP contribution in [0.3, 0.4) is 0 Å². The summed E-state index contributed by atoms with van der Waals surface area (Å²) in [6.07, 6.45) is 1.48. The van der Waals surface area contributed by atoms with Crippen molar-refractivity contribution >= 4 is 34.3 Å². The Morgan fingerprint density at radius 1 is 1.14 bits per heavy atom. The Morgan fingerprint density at radius 2 is 1.94 bits per heavy atom. The van der Waals surface area contributed by atoms with Gasteiger partial charge in [0.15, 0.2) is 0 Å². The lowest BCUT2D eigenvalue weighted by Gasteiger charge is -2.14. The molecule has 0 unspecified atom stereocenters. The van der Waals surface area contributed by atoms with Crippen molar-refractivity contribution in [3.8, 4) is 22.8 Å². The van der Waals surface area contributed by atoms with Crippen LogP contribution in [0.5, 0.6) is 11.5 Å². The van der Waals surface area contributed by atoms with Crippen LogP contribution in [-0.2, 0) is 6.54 Å². The van der Waals surface area contributed by atoms with Crippen LogP contribution >= 0.6 is 11.6 Å². The van der Waals surface area contributed by atoms with Gasteiger partial charge in [-0.25, -0.2) is 14.8 Å². The number of benzene rings is 2. The average molecular weight is 495 g/mol. The Bertz CT molecular complexity index is 1400. The van der Waals surface area contributed by atoms with Crippen molar-refractivity contribution in [2.24, 2.45) is 0 Å². The molecule has 0 aliphatic carbocycles. The molecule has 0 bridgehead atoms. The van der Waals surface area contributed by atoms with Gasteiger partial charge in [-0.2, -0.15) is 0 Å². The molecular formula is C26H27ClN4O4. The molecule has 8 nitrogen and oxygen atoms in total. The van der Waals surface area contributed by atoms with Crippen LogP contribution in [0.4, 0.5) is 5.82 Å². The van der Waals surface area contributed by atoms with E-state index in [4.69, 9.17) is 21.1 Å². The number of hydrogen-bond acceptors (Lipinski definition) is 6. The Hall–Kier alpha value is -3.78. The van der Waals surface area contributed by atoms with Gasteiger partial charge in [0.1, 0.15) is 29.2 Å². The molecule has 2 heterocycles. The van der Waals surface area contributed by atoms with Gasteiger partial charge >= 0.3 is 5.97 Å². The van der Waals surface area contributed by atoms with E-state index in [9.17, 15) is 9.90 Å². The van der Waals surface area contributed by atoms with E-state index in [1.165, 1.54) is 6.33 Å². The van der Waals surface area contributed by atoms with E-state index < -0.39 is 5.97 Å². The number of carbonyl (C=O) groups is 1. The first kappa shape index (κ1) is 24.3. The molecule has 2 N–H and O–H groups in total. The van der Waals surface area contributed by atoms with Crippen LogP contribution in [0.25, 0.3) is 22.2 Å². The van der Waals surface area contributed by atoms with E-state index in [1.807, 2.05) is 32.0 Å². The molecule has 4 rings (SSSR count). The maximum atomic E-state index is 11.7. The van der Waals surface area contributed by atoms with Crippen molar-refractivity contribution in [3.63, 3.8) is 0 Å². The third-order valence-electron chi connectivity index (χ3n) is 5.81. The number of nitrogens with zero attached hydrogens (tertiary/aromatic N) is 3. The van der Waals surface area contributed by atoms with Crippen molar-refractivity contribution in [1.82, 2.24) is 14.5 Å². The second-order valence-corrected chi connectivity index (χ2v) is 8.48. The number of hydrogen-bond donors (Lipinski definition) is 2. The molecule has 0 saturated carbocycles. The lowest BCUT2D eigenvalue weighted by molar-refractivity contribution is 0.0691. The summed E-state index contributed by atoms with van der Waals surface area (Å²) in [6, 6.07) is 11.1. The minimum atomic E-state index is -1.02. The molecule has 0 aliphatic heterocycles. The SMILES string of the molecule is CCOc1cc(-c2cc(NCCn3c(C)cc4c(OC)ccc(Cl)c43)ncn2)cc(C)c1C(=O)O. The predicted molar refractivity (Wildman–Crippen MR) is 137 cm³/mol. The zero-order valence-electron chi connectivity index (χ0n) is 20.1. The molecule has 0 radical (unpaired) electrons. The Kier molecular flexibility index (Phi) is 7.12. The quantitative estimate of drug-likeness (QED) is 0.313. The van der Waals surface area contributed by atoms with Gasteiger partial charge in [-0.05, 0) is 56.7 Å². The highest BCUT2D eigenvalue weighted by Gasteiger charge is 2.18. The number of ether oxygens (including phenoxy) is 2. The highest BCUT2D eigenvalue weighted by Crippen LogP contribution is 2.34. The first-order valence-corrected chi connectivity index (χ1v) is 11.6. The van der Waals surface area contributed by atoms with Crippen LogP contribution in [0.2, 0.25) is 5.02 Å². The number of halogens is 1. The largest absolute Gasteiger partial charge is 0.496 e. The van der Waals surface area contributed by atoms with Gasteiger partial charge in [-0.1, -0.05) is 11.6 Å². The molecule has 2 aromatic heterocycles. The molecule has 35 heavy (non-hydrogen) atoms. The lowest BCUT2D eigenvalue weighted by atomic mass is 10.0. The molecule has 0 fully saturated rings. The zero-order valence-corrected chi connectivity index (χ0v) is 20.8. The van der Waals surface area contributed by atoms with E-state index in [0.29, 0.717) is 47.5 Å². The number of carboxylic acids is 1. The average Bonchev–Trinajstić information content (AvgIpc) is 3.16. The summed E-state index contributed by atoms with van der Waals surface area (Å²) in [5.74, 6) is 0.750. The number of aromatic nitrogens is 3. The van der Waals surface area contributed by atoms with E-state index in [-0.39, 0.29) is 5.56 Å². The number of rotatable bonds is 9. The standard InChI is InChI=1S/C26H27ClN4O4/c1-5-35-22-12-17(10-15(2)24(22)26(32)33)20-13-23(30-14-29-20)28-8-9-31-16(3)11-18-21(34-4)7-6-19(27)25(18)31/h6-7,10-14H,5,8-9H2,1-4H3,(H,32,33)(H,28,29,30). The summed E-state index contributed by atoms with van der Waals surface area (Å²) in [5.41, 5.74) is 4.20. The minimum Gasteiger partial charge on any atom is -0.496 e. The van der Waals surface area contributed by atoms with Crippen molar-refractivity contribution < 1.29 is 19.4 Å². The molecule has 0 amide bonds. The maximum absolute atomic E-state index is 11.7. The molecule has 4 aromatic rings. The van der Waals surface area contributed by atoms with Crippen LogP contribution < -0.4 is 14.8 Å². The highest BCUT2D eigenvalue weighted by molar-refractivity contribution is 6.35. The number of carboxylic acid groups (broad SMARTS) is 1. The van der Waals surface area contributed by atoms with E-state index >= 15 is 0 Å². The first-order chi connectivity index (χ1) is 16.8. The minimum absolute atomic E-state index is 0.160. The van der Waals surface area contributed by atoms with Crippen molar-refractivity contribution in [1.29, 1.82) is 0 Å². The number of aryl methyl sites for hydroxylation is 2. The lowest BCUT2D eigenvalue weighted by Crippen LogP contribution is -2.12. The smallest absolute Gasteiger partial charge is 0.339 e. The van der Waals surface area contributed by atoms with Gasteiger partial charge in [0.25, 0.3) is 0 Å². The maximum Gasteiger partial charge on any atom is 0.339 e. The molecule has 0 saturated heterocycles. The van der Waals surface area contributed by atoms with Gasteiger partial charge in [-0.15, -0.1) is 0 Å². The fraction of sp³-hybridized carbons (Fsp3) is 0.269. The topological polar surface area (TPSA) is 98.5 Å². The summed E-state index contributed by atoms with van der Waals surface area (Å²) in [7, 11) is 1.65. The van der Waals surface area contributed by atoms with Crippen LogP contribution in [0.1, 0.15) is 28.5 Å². The molecule has 0 atom stereocenters. The molecular weight excluding hydrogens is 468 g/mol. The molecule has 2 aromatic carbocycles. The highest BCUT2D eigenvalue weighted by atomic mass is 35.5. The number of aromatic carboxylic acids is 1. The summed E-state index contributed by atoms with van der Waals surface area (Å²) in [5, 5.41) is 14.5. The Labute approximate surface area is 208 Å². The van der Waals surface area contributed by atoms with Crippen LogP contribution in [0.15, 0.2) is 42.7 Å². The number of nitrogens with one attached hydrogen (secondary N) is 1. The number of fused-ring (bicyclic) bond motifs is 1. The van der Waals surface area contributed by atoms with E-state index in [0.717, 1.165) is 27.9 Å². The fourth-order valence-corrected chi connectivity index (χ4v) is 4.53. The van der Waals surface area contributed by atoms with Crippen LogP contribution in [-0.4, -0.2) is 45.9 Å². The normalized spacial score (nSPS) is 11.0. The zero-order chi connectivity index (χ0) is 25.1. The third kappa shape index (κ3) is 4.88. The second kappa shape index (κ2) is 10.2. The molecule has 0 spiro atoms. The summed E-state index contributed by atoms with van der Waals surface area (Å²) in [6.45, 7) is 7.25.